The summed E-state index contributed by atoms with van der Waals surface area (Å²) in [6.45, 7) is 3.95. The van der Waals surface area contributed by atoms with Gasteiger partial charge in [0.1, 0.15) is 5.82 Å². The van der Waals surface area contributed by atoms with E-state index in [0.717, 1.165) is 35.5 Å². The van der Waals surface area contributed by atoms with Crippen LogP contribution in [-0.4, -0.2) is 40.5 Å². The number of nitrogens with one attached hydrogen (secondary N) is 1. The molecule has 1 aromatic carbocycles. The van der Waals surface area contributed by atoms with E-state index in [4.69, 9.17) is 0 Å². The largest absolute Gasteiger partial charge is 0.339 e. The first-order valence-corrected chi connectivity index (χ1v) is 9.42. The number of fused-ring (bicyclic) bond motifs is 2. The molecule has 2 unspecified atom stereocenters. The van der Waals surface area contributed by atoms with Gasteiger partial charge in [0.2, 0.25) is 0 Å². The average molecular weight is 392 g/mol. The molecule has 0 aliphatic carbocycles. The van der Waals surface area contributed by atoms with Crippen LogP contribution in [0.3, 0.4) is 0 Å². The number of benzene rings is 1. The van der Waals surface area contributed by atoms with E-state index in [1.807, 2.05) is 36.4 Å². The van der Waals surface area contributed by atoms with Crippen molar-refractivity contribution in [3.8, 4) is 5.69 Å². The fourth-order valence-corrected chi connectivity index (χ4v) is 4.67. The monoisotopic (exact) mass is 391 g/mol. The molecule has 2 fully saturated rings. The highest BCUT2D eigenvalue weighted by Gasteiger charge is 2.37. The molecule has 4 nitrogen and oxygen atoms in total. The summed E-state index contributed by atoms with van der Waals surface area (Å²) in [5, 5.41) is 3.63. The molecule has 27 heavy (non-hydrogen) atoms. The molecule has 4 rings (SSSR count). The Balaban J connectivity index is 0.00000210. The van der Waals surface area contributed by atoms with Gasteiger partial charge in [-0.2, -0.15) is 0 Å². The number of aromatic nitrogens is 1. The van der Waals surface area contributed by atoms with Crippen LogP contribution in [-0.2, 0) is 0 Å². The van der Waals surface area contributed by atoms with Crippen LogP contribution in [0.25, 0.3) is 5.69 Å². The van der Waals surface area contributed by atoms with Crippen molar-refractivity contribution in [1.29, 1.82) is 0 Å². The second-order valence-corrected chi connectivity index (χ2v) is 7.78. The summed E-state index contributed by atoms with van der Waals surface area (Å²) in [5.74, 6) is -0.175. The third-order valence-corrected chi connectivity index (χ3v) is 6.06. The molecule has 0 saturated carbocycles. The lowest BCUT2D eigenvalue weighted by molar-refractivity contribution is 0.0681. The number of halogens is 2. The van der Waals surface area contributed by atoms with Crippen molar-refractivity contribution >= 4 is 18.3 Å². The summed E-state index contributed by atoms with van der Waals surface area (Å²) in [6.07, 6.45) is 4.52. The molecule has 2 aliphatic rings. The molecular formula is C21H27ClFN3O. The number of carbonyl (C=O) groups excluding carboxylic acids is 1. The van der Waals surface area contributed by atoms with Crippen molar-refractivity contribution < 1.29 is 9.18 Å². The molecule has 146 valence electrons. The van der Waals surface area contributed by atoms with Crippen LogP contribution in [0, 0.1) is 19.7 Å². The third kappa shape index (κ3) is 3.63. The predicted octanol–water partition coefficient (Wildman–Crippen LogP) is 4.01. The number of amides is 1. The van der Waals surface area contributed by atoms with Crippen molar-refractivity contribution in [2.45, 2.75) is 57.7 Å². The number of hydrogen-bond acceptors (Lipinski definition) is 2. The molecule has 1 aromatic heterocycles. The second kappa shape index (κ2) is 7.64. The Morgan fingerprint density at radius 3 is 2.33 bits per heavy atom. The van der Waals surface area contributed by atoms with E-state index in [9.17, 15) is 9.18 Å². The van der Waals surface area contributed by atoms with Gasteiger partial charge in [-0.05, 0) is 69.9 Å². The topological polar surface area (TPSA) is 37.3 Å². The van der Waals surface area contributed by atoms with Crippen LogP contribution in [0.2, 0.25) is 0 Å². The molecule has 1 amide bonds. The molecule has 0 spiro atoms. The first-order valence-electron chi connectivity index (χ1n) is 9.42. The summed E-state index contributed by atoms with van der Waals surface area (Å²) in [7, 11) is 1.93. The second-order valence-electron chi connectivity index (χ2n) is 7.78. The zero-order valence-corrected chi connectivity index (χ0v) is 16.9. The van der Waals surface area contributed by atoms with Crippen molar-refractivity contribution in [3.05, 3.63) is 53.1 Å². The lowest BCUT2D eigenvalue weighted by Gasteiger charge is -2.35. The highest BCUT2D eigenvalue weighted by Crippen LogP contribution is 2.30. The quantitative estimate of drug-likeness (QED) is 0.858. The number of nitrogens with zero attached hydrogens (tertiary/aromatic N) is 2. The van der Waals surface area contributed by atoms with Gasteiger partial charge >= 0.3 is 0 Å². The third-order valence-electron chi connectivity index (χ3n) is 6.06. The van der Waals surface area contributed by atoms with Crippen molar-refractivity contribution in [2.24, 2.45) is 0 Å². The van der Waals surface area contributed by atoms with E-state index < -0.39 is 0 Å². The lowest BCUT2D eigenvalue weighted by Crippen LogP contribution is -2.48. The normalized spacial score (nSPS) is 23.8. The fourth-order valence-electron chi connectivity index (χ4n) is 4.67. The van der Waals surface area contributed by atoms with Crippen LogP contribution in [0.15, 0.2) is 30.3 Å². The Kier molecular flexibility index (Phi) is 5.63. The van der Waals surface area contributed by atoms with Gasteiger partial charge in [0, 0.05) is 42.2 Å². The SMILES string of the molecule is Cc1cc(C(=O)N(C)C2CC3CCC(C2)N3)c(C)n1-c1ccc(F)cc1.Cl. The van der Waals surface area contributed by atoms with Crippen molar-refractivity contribution in [1.82, 2.24) is 14.8 Å². The lowest BCUT2D eigenvalue weighted by atomic mass is 9.98. The van der Waals surface area contributed by atoms with E-state index in [-0.39, 0.29) is 24.1 Å². The minimum atomic E-state index is -0.257. The fraction of sp³-hybridized carbons (Fsp3) is 0.476. The summed E-state index contributed by atoms with van der Waals surface area (Å²) < 4.78 is 15.3. The standard InChI is InChI=1S/C21H26FN3O.ClH/c1-13-10-20(14(2)25(13)18-8-4-15(22)5-9-18)21(26)24(3)19-11-16-6-7-17(12-19)23-16;/h4-5,8-10,16-17,19,23H,6-7,11-12H2,1-3H3;1H. The van der Waals surface area contributed by atoms with Crippen LogP contribution < -0.4 is 5.32 Å². The maximum absolute atomic E-state index is 13.2. The van der Waals surface area contributed by atoms with Crippen LogP contribution in [0.4, 0.5) is 4.39 Å². The Labute approximate surface area is 166 Å². The van der Waals surface area contributed by atoms with Gasteiger partial charge in [-0.25, -0.2) is 4.39 Å². The summed E-state index contributed by atoms with van der Waals surface area (Å²) >= 11 is 0. The van der Waals surface area contributed by atoms with Gasteiger partial charge in [-0.1, -0.05) is 0 Å². The van der Waals surface area contributed by atoms with Gasteiger partial charge in [-0.3, -0.25) is 4.79 Å². The zero-order chi connectivity index (χ0) is 18.4. The van der Waals surface area contributed by atoms with Crippen molar-refractivity contribution in [2.75, 3.05) is 7.05 Å². The highest BCUT2D eigenvalue weighted by molar-refractivity contribution is 5.96. The Morgan fingerprint density at radius 2 is 1.74 bits per heavy atom. The number of aryl methyl sites for hydroxylation is 1. The molecule has 2 saturated heterocycles. The molecular weight excluding hydrogens is 365 g/mol. The molecule has 2 bridgehead atoms. The van der Waals surface area contributed by atoms with E-state index in [1.165, 1.54) is 25.0 Å². The maximum Gasteiger partial charge on any atom is 0.255 e. The summed E-state index contributed by atoms with van der Waals surface area (Å²) in [6, 6.07) is 9.76. The number of piperidine rings is 1. The van der Waals surface area contributed by atoms with Crippen LogP contribution in [0.5, 0.6) is 0 Å². The Hall–Kier alpha value is -1.85. The van der Waals surface area contributed by atoms with Gasteiger partial charge in [0.15, 0.2) is 0 Å². The minimum Gasteiger partial charge on any atom is -0.339 e. The smallest absolute Gasteiger partial charge is 0.255 e. The average Bonchev–Trinajstić information content (AvgIpc) is 3.12. The molecule has 1 N–H and O–H groups in total. The first kappa shape index (κ1) is 19.9. The van der Waals surface area contributed by atoms with Gasteiger partial charge in [0.25, 0.3) is 5.91 Å². The van der Waals surface area contributed by atoms with E-state index in [1.54, 1.807) is 12.1 Å². The molecule has 2 aromatic rings. The number of carbonyl (C=O) groups is 1. The zero-order valence-electron chi connectivity index (χ0n) is 16.0. The Bertz CT molecular complexity index is 821. The van der Waals surface area contributed by atoms with Gasteiger partial charge < -0.3 is 14.8 Å². The van der Waals surface area contributed by atoms with Crippen molar-refractivity contribution in [3.63, 3.8) is 0 Å². The van der Waals surface area contributed by atoms with Gasteiger partial charge in [-0.15, -0.1) is 12.4 Å². The highest BCUT2D eigenvalue weighted by atomic mass is 35.5. The predicted molar refractivity (Wildman–Crippen MR) is 108 cm³/mol. The Morgan fingerprint density at radius 1 is 1.15 bits per heavy atom. The summed E-state index contributed by atoms with van der Waals surface area (Å²) in [5.41, 5.74) is 3.50. The van der Waals surface area contributed by atoms with Crippen LogP contribution in [0.1, 0.15) is 47.4 Å². The minimum absolute atomic E-state index is 0. The van der Waals surface area contributed by atoms with E-state index >= 15 is 0 Å². The molecule has 2 aliphatic heterocycles. The molecule has 3 heterocycles. The van der Waals surface area contributed by atoms with Gasteiger partial charge in [0.05, 0.1) is 5.56 Å². The van der Waals surface area contributed by atoms with E-state index in [2.05, 4.69) is 5.32 Å². The number of rotatable bonds is 3. The summed E-state index contributed by atoms with van der Waals surface area (Å²) in [4.78, 5) is 15.1. The first-order chi connectivity index (χ1) is 12.4. The molecule has 6 heteroatoms. The number of hydrogen-bond donors (Lipinski definition) is 1. The molecule has 0 radical (unpaired) electrons. The maximum atomic E-state index is 13.2. The molecule has 2 atom stereocenters. The van der Waals surface area contributed by atoms with Crippen LogP contribution >= 0.6 is 12.4 Å². The van der Waals surface area contributed by atoms with E-state index in [0.29, 0.717) is 18.1 Å².